The van der Waals surface area contributed by atoms with Gasteiger partial charge in [0.25, 0.3) is 5.69 Å². The second-order valence-corrected chi connectivity index (χ2v) is 11.0. The van der Waals surface area contributed by atoms with Gasteiger partial charge in [-0.3, -0.25) is 10.1 Å². The Kier molecular flexibility index (Phi) is 6.34. The van der Waals surface area contributed by atoms with Crippen LogP contribution in [0.25, 0.3) is 0 Å². The maximum atomic E-state index is 11.7. The summed E-state index contributed by atoms with van der Waals surface area (Å²) in [5.41, 5.74) is 3.55. The number of aliphatic imine (C=N–C) groups is 1. The summed E-state index contributed by atoms with van der Waals surface area (Å²) in [5, 5.41) is 22.2. The highest BCUT2D eigenvalue weighted by Gasteiger charge is 2.32. The molecule has 0 N–H and O–H groups in total. The smallest absolute Gasteiger partial charge is 0.293 e. The van der Waals surface area contributed by atoms with Crippen molar-refractivity contribution < 1.29 is 4.92 Å². The van der Waals surface area contributed by atoms with Crippen LogP contribution < -0.4 is 4.90 Å². The van der Waals surface area contributed by atoms with Gasteiger partial charge in [-0.25, -0.2) is 4.99 Å². The predicted molar refractivity (Wildman–Crippen MR) is 130 cm³/mol. The highest BCUT2D eigenvalue weighted by molar-refractivity contribution is 7.16. The van der Waals surface area contributed by atoms with Crippen molar-refractivity contribution >= 4 is 33.9 Å². The number of nitrogens with zero attached hydrogens (tertiary/aromatic N) is 4. The molecule has 1 aromatic heterocycles. The van der Waals surface area contributed by atoms with E-state index in [-0.39, 0.29) is 16.0 Å². The standard InChI is InChI=1S/C25H30N4O2S/c1-25(2,3)18-8-9-19-20(15-26)24(32-23(19)14-18)27-16-17-7-10-21(22(13-17)29(30)31)28-11-5-4-6-12-28/h7,10,13,16,18H,4-6,8-9,11-12,14H2,1-3H3/t18-/m0/s1. The van der Waals surface area contributed by atoms with E-state index in [1.165, 1.54) is 11.3 Å². The van der Waals surface area contributed by atoms with Gasteiger partial charge in [0.05, 0.1) is 10.5 Å². The van der Waals surface area contributed by atoms with Gasteiger partial charge in [-0.05, 0) is 67.1 Å². The molecule has 0 unspecified atom stereocenters. The fourth-order valence-corrected chi connectivity index (χ4v) is 6.04. The Hall–Kier alpha value is -2.72. The summed E-state index contributed by atoms with van der Waals surface area (Å²) in [5.74, 6) is 0.599. The van der Waals surface area contributed by atoms with E-state index in [2.05, 4.69) is 36.7 Å². The summed E-state index contributed by atoms with van der Waals surface area (Å²) >= 11 is 1.60. The molecule has 7 heteroatoms. The number of rotatable bonds is 4. The van der Waals surface area contributed by atoms with Crippen molar-refractivity contribution in [3.8, 4) is 6.07 Å². The Morgan fingerprint density at radius 3 is 2.69 bits per heavy atom. The third kappa shape index (κ3) is 4.56. The molecule has 4 rings (SSSR count). The van der Waals surface area contributed by atoms with E-state index >= 15 is 0 Å². The van der Waals surface area contributed by atoms with Crippen LogP contribution in [0.3, 0.4) is 0 Å². The van der Waals surface area contributed by atoms with Crippen molar-refractivity contribution in [2.45, 2.75) is 59.3 Å². The first-order valence-electron chi connectivity index (χ1n) is 11.4. The number of hydrogen-bond acceptors (Lipinski definition) is 6. The van der Waals surface area contributed by atoms with Crippen LogP contribution in [0, 0.1) is 32.8 Å². The number of benzene rings is 1. The molecule has 1 aromatic carbocycles. The van der Waals surface area contributed by atoms with Crippen LogP contribution in [0.1, 0.15) is 68.0 Å². The zero-order chi connectivity index (χ0) is 22.9. The van der Waals surface area contributed by atoms with Crippen LogP contribution in [0.5, 0.6) is 0 Å². The van der Waals surface area contributed by atoms with Crippen molar-refractivity contribution in [2.24, 2.45) is 16.3 Å². The van der Waals surface area contributed by atoms with E-state index in [0.717, 1.165) is 55.8 Å². The fraction of sp³-hybridized carbons (Fsp3) is 0.520. The third-order valence-corrected chi connectivity index (χ3v) is 7.97. The predicted octanol–water partition coefficient (Wildman–Crippen LogP) is 6.42. The van der Waals surface area contributed by atoms with Crippen LogP contribution in [0.15, 0.2) is 23.2 Å². The minimum Gasteiger partial charge on any atom is -0.366 e. The molecule has 0 radical (unpaired) electrons. The lowest BCUT2D eigenvalue weighted by molar-refractivity contribution is -0.384. The monoisotopic (exact) mass is 450 g/mol. The first-order valence-corrected chi connectivity index (χ1v) is 12.2. The SMILES string of the molecule is CC(C)(C)[C@H]1CCc2c(sc(N=Cc3ccc(N4CCCCC4)c([N+](=O)[O-])c3)c2C#N)C1. The summed E-state index contributed by atoms with van der Waals surface area (Å²) in [4.78, 5) is 19.4. The van der Waals surface area contributed by atoms with Gasteiger partial charge in [0.15, 0.2) is 0 Å². The molecule has 1 aliphatic heterocycles. The van der Waals surface area contributed by atoms with Gasteiger partial charge in [0.2, 0.25) is 0 Å². The summed E-state index contributed by atoms with van der Waals surface area (Å²) in [7, 11) is 0. The van der Waals surface area contributed by atoms with E-state index in [1.54, 1.807) is 23.6 Å². The molecular weight excluding hydrogens is 420 g/mol. The summed E-state index contributed by atoms with van der Waals surface area (Å²) in [6.45, 7) is 8.55. The van der Waals surface area contributed by atoms with E-state index in [4.69, 9.17) is 0 Å². The molecule has 1 atom stereocenters. The quantitative estimate of drug-likeness (QED) is 0.306. The minimum absolute atomic E-state index is 0.120. The lowest BCUT2D eigenvalue weighted by Crippen LogP contribution is -2.29. The zero-order valence-electron chi connectivity index (χ0n) is 19.1. The molecule has 2 aromatic rings. The summed E-state index contributed by atoms with van der Waals surface area (Å²) in [6, 6.07) is 7.68. The average molecular weight is 451 g/mol. The number of thiophene rings is 1. The normalized spacial score (nSPS) is 19.1. The number of nitro benzene ring substituents is 1. The van der Waals surface area contributed by atoms with Crippen molar-refractivity contribution in [2.75, 3.05) is 18.0 Å². The highest BCUT2D eigenvalue weighted by atomic mass is 32.1. The molecule has 32 heavy (non-hydrogen) atoms. The zero-order valence-corrected chi connectivity index (χ0v) is 19.9. The van der Waals surface area contributed by atoms with Gasteiger partial charge < -0.3 is 4.90 Å². The molecule has 2 heterocycles. The molecule has 168 valence electrons. The molecule has 1 aliphatic carbocycles. The molecule has 1 saturated heterocycles. The van der Waals surface area contributed by atoms with Gasteiger partial charge in [-0.1, -0.05) is 26.8 Å². The van der Waals surface area contributed by atoms with E-state index in [0.29, 0.717) is 22.7 Å². The van der Waals surface area contributed by atoms with E-state index in [9.17, 15) is 15.4 Å². The van der Waals surface area contributed by atoms with Crippen LogP contribution in [0.4, 0.5) is 16.4 Å². The number of piperidine rings is 1. The first-order chi connectivity index (χ1) is 15.3. The summed E-state index contributed by atoms with van der Waals surface area (Å²) < 4.78 is 0. The average Bonchev–Trinajstić information content (AvgIpc) is 3.14. The van der Waals surface area contributed by atoms with Crippen LogP contribution >= 0.6 is 11.3 Å². The van der Waals surface area contributed by atoms with Gasteiger partial charge in [0, 0.05) is 30.2 Å². The lowest BCUT2D eigenvalue weighted by atomic mass is 9.72. The van der Waals surface area contributed by atoms with Gasteiger partial charge >= 0.3 is 0 Å². The fourth-order valence-electron chi connectivity index (χ4n) is 4.82. The maximum Gasteiger partial charge on any atom is 0.293 e. The lowest BCUT2D eigenvalue weighted by Gasteiger charge is -2.33. The largest absolute Gasteiger partial charge is 0.366 e. The van der Waals surface area contributed by atoms with Crippen LogP contribution in [-0.2, 0) is 12.8 Å². The second-order valence-electron chi connectivity index (χ2n) is 9.91. The Morgan fingerprint density at radius 1 is 1.28 bits per heavy atom. The Bertz CT molecular complexity index is 1080. The third-order valence-electron chi connectivity index (χ3n) is 6.81. The Labute approximate surface area is 193 Å². The van der Waals surface area contributed by atoms with E-state index < -0.39 is 0 Å². The Morgan fingerprint density at radius 2 is 2.03 bits per heavy atom. The molecular formula is C25H30N4O2S. The molecule has 0 bridgehead atoms. The molecule has 1 fully saturated rings. The topological polar surface area (TPSA) is 82.5 Å². The molecule has 2 aliphatic rings. The van der Waals surface area contributed by atoms with Crippen molar-refractivity contribution in [3.05, 3.63) is 49.9 Å². The summed E-state index contributed by atoms with van der Waals surface area (Å²) in [6.07, 6.45) is 7.97. The van der Waals surface area contributed by atoms with Crippen molar-refractivity contribution in [1.82, 2.24) is 0 Å². The number of hydrogen-bond donors (Lipinski definition) is 0. The number of anilines is 1. The van der Waals surface area contributed by atoms with Gasteiger partial charge in [0.1, 0.15) is 16.8 Å². The molecule has 0 amide bonds. The number of nitriles is 1. The van der Waals surface area contributed by atoms with Gasteiger partial charge in [-0.2, -0.15) is 5.26 Å². The van der Waals surface area contributed by atoms with E-state index in [1.807, 2.05) is 12.1 Å². The minimum atomic E-state index is -0.307. The van der Waals surface area contributed by atoms with Crippen molar-refractivity contribution in [3.63, 3.8) is 0 Å². The number of fused-ring (bicyclic) bond motifs is 1. The molecule has 6 nitrogen and oxygen atoms in total. The molecule has 0 spiro atoms. The van der Waals surface area contributed by atoms with Crippen molar-refractivity contribution in [1.29, 1.82) is 5.26 Å². The van der Waals surface area contributed by atoms with Crippen LogP contribution in [0.2, 0.25) is 0 Å². The highest BCUT2D eigenvalue weighted by Crippen LogP contribution is 2.45. The molecule has 0 saturated carbocycles. The maximum absolute atomic E-state index is 11.7. The number of nitro groups is 1. The van der Waals surface area contributed by atoms with Gasteiger partial charge in [-0.15, -0.1) is 11.3 Å². The van der Waals surface area contributed by atoms with Crippen LogP contribution in [-0.4, -0.2) is 24.2 Å². The Balaban J connectivity index is 1.61. The second kappa shape index (κ2) is 9.03. The first kappa shape index (κ1) is 22.5.